The highest BCUT2D eigenvalue weighted by Crippen LogP contribution is 2.36. The maximum Gasteiger partial charge on any atom is 0.171 e. The Kier molecular flexibility index (Phi) is 8.80. The lowest BCUT2D eigenvalue weighted by Gasteiger charge is -2.28. The molecule has 2 aromatic rings. The number of ether oxygens (including phenoxy) is 1. The van der Waals surface area contributed by atoms with Crippen molar-refractivity contribution in [1.82, 2.24) is 10.9 Å². The van der Waals surface area contributed by atoms with E-state index < -0.39 is 0 Å². The Hall–Kier alpha value is -2.55. The van der Waals surface area contributed by atoms with Gasteiger partial charge in [0.1, 0.15) is 17.5 Å². The zero-order valence-corrected chi connectivity index (χ0v) is 17.5. The highest BCUT2D eigenvalue weighted by molar-refractivity contribution is 5.66. The molecule has 0 aromatic heterocycles. The number of hydrazine groups is 2. The van der Waals surface area contributed by atoms with Crippen LogP contribution < -0.4 is 20.7 Å². The van der Waals surface area contributed by atoms with Gasteiger partial charge in [-0.25, -0.2) is 16.0 Å². The predicted molar refractivity (Wildman–Crippen MR) is 115 cm³/mol. The fraction of sp³-hybridized carbons (Fsp3) is 0.435. The molecule has 0 atom stereocenters. The Morgan fingerprint density at radius 2 is 1.54 bits per heavy atom. The number of nitrogens with zero attached hydrogens (tertiary/aromatic N) is 2. The molecule has 0 aliphatic heterocycles. The standard InChI is InChI=1S/C23H32N4O/c1-5-7-13-25-27(26-14-8-6-2)22-16-19(4)15-20(17-24)23(22)28-21-11-9-18(3)10-12-21/h9-12,15-16,25-26H,5-8,13-14H2,1-4H3. The molecule has 28 heavy (non-hydrogen) atoms. The van der Waals surface area contributed by atoms with Crippen LogP contribution in [0.15, 0.2) is 36.4 Å². The summed E-state index contributed by atoms with van der Waals surface area (Å²) in [7, 11) is 0. The molecule has 0 saturated heterocycles. The minimum atomic E-state index is 0.523. The van der Waals surface area contributed by atoms with Crippen molar-refractivity contribution in [1.29, 1.82) is 5.26 Å². The molecule has 0 bridgehead atoms. The van der Waals surface area contributed by atoms with Gasteiger partial charge in [-0.1, -0.05) is 44.4 Å². The zero-order valence-electron chi connectivity index (χ0n) is 17.5. The van der Waals surface area contributed by atoms with Crippen LogP contribution in [0.3, 0.4) is 0 Å². The molecule has 5 nitrogen and oxygen atoms in total. The molecule has 2 rings (SSSR count). The van der Waals surface area contributed by atoms with Gasteiger partial charge in [-0.2, -0.15) is 5.26 Å². The Bertz CT molecular complexity index is 770. The number of rotatable bonds is 11. The molecular weight excluding hydrogens is 348 g/mol. The second kappa shape index (κ2) is 11.3. The first-order valence-corrected chi connectivity index (χ1v) is 10.2. The average molecular weight is 381 g/mol. The average Bonchev–Trinajstić information content (AvgIpc) is 2.69. The summed E-state index contributed by atoms with van der Waals surface area (Å²) in [5.41, 5.74) is 10.4. The van der Waals surface area contributed by atoms with E-state index in [1.807, 2.05) is 55.4 Å². The van der Waals surface area contributed by atoms with E-state index in [-0.39, 0.29) is 0 Å². The second-order valence-electron chi connectivity index (χ2n) is 7.05. The monoisotopic (exact) mass is 380 g/mol. The van der Waals surface area contributed by atoms with Crippen LogP contribution in [0.25, 0.3) is 0 Å². The van der Waals surface area contributed by atoms with E-state index >= 15 is 0 Å². The first-order chi connectivity index (χ1) is 13.6. The Balaban J connectivity index is 2.40. The van der Waals surface area contributed by atoms with E-state index in [2.05, 4.69) is 30.8 Å². The predicted octanol–water partition coefficient (Wildman–Crippen LogP) is 5.38. The van der Waals surface area contributed by atoms with Crippen LogP contribution in [-0.4, -0.2) is 13.1 Å². The SMILES string of the molecule is CCCCNN(NCCCC)c1cc(C)cc(C#N)c1Oc1ccc(C)cc1. The molecule has 0 heterocycles. The maximum atomic E-state index is 9.71. The lowest BCUT2D eigenvalue weighted by molar-refractivity contribution is 0.458. The van der Waals surface area contributed by atoms with E-state index in [9.17, 15) is 5.26 Å². The summed E-state index contributed by atoms with van der Waals surface area (Å²) in [4.78, 5) is 0. The molecule has 0 fully saturated rings. The largest absolute Gasteiger partial charge is 0.454 e. The normalized spacial score (nSPS) is 10.5. The molecule has 0 radical (unpaired) electrons. The second-order valence-corrected chi connectivity index (χ2v) is 7.05. The van der Waals surface area contributed by atoms with E-state index in [4.69, 9.17) is 4.74 Å². The number of aryl methyl sites for hydroxylation is 2. The van der Waals surface area contributed by atoms with Crippen molar-refractivity contribution in [2.75, 3.05) is 18.2 Å². The molecule has 0 saturated carbocycles. The lowest BCUT2D eigenvalue weighted by Crippen LogP contribution is -2.49. The summed E-state index contributed by atoms with van der Waals surface area (Å²) in [6.45, 7) is 10.1. The van der Waals surface area contributed by atoms with Gasteiger partial charge < -0.3 is 4.74 Å². The van der Waals surface area contributed by atoms with Crippen molar-refractivity contribution in [3.63, 3.8) is 0 Å². The molecule has 0 spiro atoms. The summed E-state index contributed by atoms with van der Waals surface area (Å²) >= 11 is 0. The highest BCUT2D eigenvalue weighted by atomic mass is 16.5. The Morgan fingerprint density at radius 1 is 0.929 bits per heavy atom. The molecule has 0 aliphatic carbocycles. The van der Waals surface area contributed by atoms with Crippen LogP contribution in [0.2, 0.25) is 0 Å². The fourth-order valence-electron chi connectivity index (χ4n) is 2.80. The lowest BCUT2D eigenvalue weighted by atomic mass is 10.1. The summed E-state index contributed by atoms with van der Waals surface area (Å²) in [6.07, 6.45) is 4.35. The van der Waals surface area contributed by atoms with Crippen molar-refractivity contribution >= 4 is 5.69 Å². The maximum absolute atomic E-state index is 9.71. The van der Waals surface area contributed by atoms with Crippen molar-refractivity contribution < 1.29 is 4.74 Å². The highest BCUT2D eigenvalue weighted by Gasteiger charge is 2.18. The number of unbranched alkanes of at least 4 members (excludes halogenated alkanes) is 2. The zero-order chi connectivity index (χ0) is 20.4. The number of nitriles is 1. The molecule has 0 unspecified atom stereocenters. The Morgan fingerprint density at radius 3 is 2.07 bits per heavy atom. The van der Waals surface area contributed by atoms with Gasteiger partial charge >= 0.3 is 0 Å². The first kappa shape index (κ1) is 21.7. The summed E-state index contributed by atoms with van der Waals surface area (Å²) in [6, 6.07) is 14.1. The number of hydrogen-bond donors (Lipinski definition) is 2. The van der Waals surface area contributed by atoms with Crippen LogP contribution in [0.4, 0.5) is 5.69 Å². The van der Waals surface area contributed by atoms with Crippen LogP contribution >= 0.6 is 0 Å². The van der Waals surface area contributed by atoms with Gasteiger partial charge in [0.05, 0.1) is 5.56 Å². The molecule has 2 aromatic carbocycles. The quantitative estimate of drug-likeness (QED) is 0.405. The number of benzene rings is 2. The van der Waals surface area contributed by atoms with E-state index in [0.29, 0.717) is 17.1 Å². The van der Waals surface area contributed by atoms with Crippen molar-refractivity contribution in [2.45, 2.75) is 53.4 Å². The van der Waals surface area contributed by atoms with Gasteiger partial charge in [0.2, 0.25) is 0 Å². The number of anilines is 1. The third kappa shape index (κ3) is 6.26. The number of nitrogens with one attached hydrogen (secondary N) is 2. The van der Waals surface area contributed by atoms with Gasteiger partial charge in [0.15, 0.2) is 5.75 Å². The van der Waals surface area contributed by atoms with Crippen LogP contribution in [0.5, 0.6) is 11.5 Å². The summed E-state index contributed by atoms with van der Waals surface area (Å²) < 4.78 is 6.19. The van der Waals surface area contributed by atoms with Gasteiger partial charge in [0, 0.05) is 13.1 Å². The smallest absolute Gasteiger partial charge is 0.171 e. The van der Waals surface area contributed by atoms with Gasteiger partial charge in [-0.15, -0.1) is 0 Å². The van der Waals surface area contributed by atoms with Crippen LogP contribution in [0, 0.1) is 25.2 Å². The molecule has 150 valence electrons. The van der Waals surface area contributed by atoms with E-state index in [1.165, 1.54) is 5.56 Å². The molecule has 5 heteroatoms. The first-order valence-electron chi connectivity index (χ1n) is 10.2. The molecule has 0 amide bonds. The fourth-order valence-corrected chi connectivity index (χ4v) is 2.80. The van der Waals surface area contributed by atoms with Crippen LogP contribution in [0.1, 0.15) is 56.2 Å². The van der Waals surface area contributed by atoms with Crippen molar-refractivity contribution in [3.8, 4) is 17.6 Å². The third-order valence-corrected chi connectivity index (χ3v) is 4.42. The van der Waals surface area contributed by atoms with Gasteiger partial charge in [-0.3, -0.25) is 0 Å². The summed E-state index contributed by atoms with van der Waals surface area (Å²) in [5.74, 6) is 1.28. The van der Waals surface area contributed by atoms with Gasteiger partial charge in [-0.05, 0) is 56.5 Å². The third-order valence-electron chi connectivity index (χ3n) is 4.42. The van der Waals surface area contributed by atoms with E-state index in [1.54, 1.807) is 0 Å². The van der Waals surface area contributed by atoms with Crippen molar-refractivity contribution in [2.24, 2.45) is 0 Å². The topological polar surface area (TPSA) is 60.3 Å². The van der Waals surface area contributed by atoms with Crippen LogP contribution in [-0.2, 0) is 0 Å². The minimum Gasteiger partial charge on any atom is -0.454 e. The molecule has 0 aliphatic rings. The van der Waals surface area contributed by atoms with Gasteiger partial charge in [0.25, 0.3) is 0 Å². The minimum absolute atomic E-state index is 0.523. The molecular formula is C23H32N4O. The Labute approximate surface area is 169 Å². The van der Waals surface area contributed by atoms with E-state index in [0.717, 1.165) is 50.0 Å². The number of hydrogen-bond acceptors (Lipinski definition) is 5. The van der Waals surface area contributed by atoms with Crippen molar-refractivity contribution in [3.05, 3.63) is 53.1 Å². The summed E-state index contributed by atoms with van der Waals surface area (Å²) in [5, 5.41) is 11.6. The molecule has 2 N–H and O–H groups in total.